The zero-order chi connectivity index (χ0) is 37.5. The third-order valence-corrected chi connectivity index (χ3v) is 12.6. The van der Waals surface area contributed by atoms with Gasteiger partial charge < -0.3 is 14.7 Å². The Morgan fingerprint density at radius 1 is 0.464 bits per heavy atom. The average Bonchev–Trinajstić information content (AvgIpc) is 3.24. The lowest BCUT2D eigenvalue weighted by molar-refractivity contribution is 0.628. The van der Waals surface area contributed by atoms with E-state index in [1.807, 2.05) is 12.1 Å². The summed E-state index contributed by atoms with van der Waals surface area (Å²) in [6.07, 6.45) is 4.33. The molecule has 0 radical (unpaired) electrons. The van der Waals surface area contributed by atoms with Gasteiger partial charge in [-0.1, -0.05) is 122 Å². The van der Waals surface area contributed by atoms with E-state index in [-0.39, 0.29) is 17.9 Å². The fourth-order valence-electron chi connectivity index (χ4n) is 10.2. The average molecular weight is 726 g/mol. The van der Waals surface area contributed by atoms with Crippen molar-refractivity contribution in [2.24, 2.45) is 0 Å². The van der Waals surface area contributed by atoms with Crippen LogP contribution in [0.3, 0.4) is 0 Å². The summed E-state index contributed by atoms with van der Waals surface area (Å²) in [5, 5.41) is 0. The van der Waals surface area contributed by atoms with Crippen LogP contribution >= 0.6 is 0 Å². The van der Waals surface area contributed by atoms with Crippen molar-refractivity contribution in [1.29, 1.82) is 0 Å². The second-order valence-electron chi connectivity index (χ2n) is 16.1. The quantitative estimate of drug-likeness (QED) is 0.167. The molecule has 3 heterocycles. The number of nitrogens with zero attached hydrogens (tertiary/aromatic N) is 3. The molecule has 0 bridgehead atoms. The number of hydrogen-bond donors (Lipinski definition) is 0. The summed E-state index contributed by atoms with van der Waals surface area (Å²) in [6.45, 7) is 4.72. The maximum Gasteiger partial charge on any atom is 0.247 e. The fourth-order valence-corrected chi connectivity index (χ4v) is 10.2. The van der Waals surface area contributed by atoms with Crippen molar-refractivity contribution >= 4 is 62.9 Å². The minimum Gasteiger partial charge on any atom is -0.311 e. The maximum atomic E-state index is 15.3. The van der Waals surface area contributed by atoms with Crippen LogP contribution in [0.25, 0.3) is 11.1 Å². The Hall–Kier alpha value is -6.33. The maximum absolute atomic E-state index is 15.3. The van der Waals surface area contributed by atoms with Gasteiger partial charge in [-0.15, -0.1) is 0 Å². The van der Waals surface area contributed by atoms with Gasteiger partial charge in [-0.2, -0.15) is 0 Å². The first-order chi connectivity index (χ1) is 27.5. The second kappa shape index (κ2) is 12.6. The number of anilines is 7. The topological polar surface area (TPSA) is 9.72 Å². The lowest BCUT2D eigenvalue weighted by Crippen LogP contribution is -2.64. The molecule has 3 aliphatic heterocycles. The summed E-state index contributed by atoms with van der Waals surface area (Å²) in [4.78, 5) is 7.33. The molecule has 7 aromatic rings. The number of para-hydroxylation sites is 3. The van der Waals surface area contributed by atoms with E-state index in [0.717, 1.165) is 48.4 Å². The summed E-state index contributed by atoms with van der Waals surface area (Å²) in [5.41, 5.74) is 19.1. The molecular weight excluding hydrogens is 684 g/mol. The van der Waals surface area contributed by atoms with E-state index in [2.05, 4.69) is 168 Å². The van der Waals surface area contributed by atoms with Crippen molar-refractivity contribution in [3.63, 3.8) is 0 Å². The lowest BCUT2D eigenvalue weighted by Gasteiger charge is -2.46. The van der Waals surface area contributed by atoms with Crippen LogP contribution in [0.2, 0.25) is 0 Å². The van der Waals surface area contributed by atoms with Crippen molar-refractivity contribution in [3.8, 4) is 11.1 Å². The number of hydrogen-bond acceptors (Lipinski definition) is 3. The molecule has 11 rings (SSSR count). The van der Waals surface area contributed by atoms with Crippen molar-refractivity contribution in [1.82, 2.24) is 0 Å². The molecule has 0 N–H and O–H groups in total. The SMILES string of the molecule is CC1(C)c2ccc(-c3ccccc3)cc2B2c3ccc(N4C5=C(CCCC5)N(c5ccccc5)c5ccccc54)cc3N(c3cccc(F)c3)c3cccc1c32. The van der Waals surface area contributed by atoms with Gasteiger partial charge >= 0.3 is 0 Å². The molecule has 0 spiro atoms. The van der Waals surface area contributed by atoms with E-state index < -0.39 is 0 Å². The van der Waals surface area contributed by atoms with Gasteiger partial charge in [-0.25, -0.2) is 4.39 Å². The van der Waals surface area contributed by atoms with Crippen LogP contribution in [0.5, 0.6) is 0 Å². The first-order valence-corrected chi connectivity index (χ1v) is 20.0. The van der Waals surface area contributed by atoms with Crippen molar-refractivity contribution in [2.45, 2.75) is 44.9 Å². The highest BCUT2D eigenvalue weighted by molar-refractivity contribution is 6.99. The Labute approximate surface area is 329 Å². The van der Waals surface area contributed by atoms with Crippen molar-refractivity contribution < 1.29 is 4.39 Å². The smallest absolute Gasteiger partial charge is 0.247 e. The molecule has 0 saturated heterocycles. The second-order valence-corrected chi connectivity index (χ2v) is 16.1. The van der Waals surface area contributed by atoms with Gasteiger partial charge in [0.15, 0.2) is 0 Å². The molecule has 270 valence electrons. The lowest BCUT2D eigenvalue weighted by atomic mass is 9.30. The van der Waals surface area contributed by atoms with Gasteiger partial charge in [0.25, 0.3) is 0 Å². The number of rotatable bonds is 4. The van der Waals surface area contributed by atoms with Crippen molar-refractivity contribution in [3.05, 3.63) is 192 Å². The van der Waals surface area contributed by atoms with Gasteiger partial charge in [-0.05, 0) is 120 Å². The summed E-state index contributed by atoms with van der Waals surface area (Å²) < 4.78 is 15.3. The zero-order valence-corrected chi connectivity index (χ0v) is 31.7. The Bertz CT molecular complexity index is 2720. The van der Waals surface area contributed by atoms with Crippen LogP contribution in [0, 0.1) is 5.82 Å². The van der Waals surface area contributed by atoms with E-state index in [4.69, 9.17) is 0 Å². The highest BCUT2D eigenvalue weighted by atomic mass is 19.1. The molecule has 0 saturated carbocycles. The Kier molecular flexibility index (Phi) is 7.44. The molecule has 0 fully saturated rings. The first-order valence-electron chi connectivity index (χ1n) is 20.0. The van der Waals surface area contributed by atoms with Gasteiger partial charge in [0.2, 0.25) is 6.71 Å². The van der Waals surface area contributed by atoms with Crippen LogP contribution in [-0.4, -0.2) is 6.71 Å². The van der Waals surface area contributed by atoms with E-state index in [9.17, 15) is 0 Å². The molecule has 3 nitrogen and oxygen atoms in total. The zero-order valence-electron chi connectivity index (χ0n) is 31.7. The van der Waals surface area contributed by atoms with Gasteiger partial charge in [0, 0.05) is 45.2 Å². The fraction of sp³-hybridized carbons (Fsp3) is 0.137. The Balaban J connectivity index is 1.17. The third-order valence-electron chi connectivity index (χ3n) is 12.6. The van der Waals surface area contributed by atoms with E-state index in [0.29, 0.717) is 0 Å². The normalized spacial score (nSPS) is 16.1. The molecule has 0 amide bonds. The van der Waals surface area contributed by atoms with Crippen molar-refractivity contribution in [2.75, 3.05) is 14.7 Å². The Morgan fingerprint density at radius 2 is 1.09 bits per heavy atom. The molecule has 0 unspecified atom stereocenters. The molecule has 5 heteroatoms. The van der Waals surface area contributed by atoms with Crippen LogP contribution in [-0.2, 0) is 5.41 Å². The molecule has 0 atom stereocenters. The molecule has 4 aliphatic rings. The highest BCUT2D eigenvalue weighted by Crippen LogP contribution is 2.52. The largest absolute Gasteiger partial charge is 0.311 e. The summed E-state index contributed by atoms with van der Waals surface area (Å²) in [6, 6.07) is 58.4. The van der Waals surface area contributed by atoms with Crippen LogP contribution in [0.15, 0.2) is 175 Å². The van der Waals surface area contributed by atoms with Gasteiger partial charge in [-0.3, -0.25) is 0 Å². The van der Waals surface area contributed by atoms with E-state index in [1.165, 1.54) is 67.1 Å². The number of halogens is 1. The number of benzene rings is 7. The van der Waals surface area contributed by atoms with Gasteiger partial charge in [0.05, 0.1) is 11.4 Å². The van der Waals surface area contributed by atoms with Crippen LogP contribution < -0.4 is 31.1 Å². The summed E-state index contributed by atoms with van der Waals surface area (Å²) in [5.74, 6) is -0.242. The highest BCUT2D eigenvalue weighted by Gasteiger charge is 2.46. The minimum absolute atomic E-state index is 0.00779. The Morgan fingerprint density at radius 3 is 1.82 bits per heavy atom. The van der Waals surface area contributed by atoms with E-state index in [1.54, 1.807) is 12.1 Å². The minimum atomic E-state index is -0.242. The standard InChI is InChI=1S/C51H41BFN3/c1-51(2)40-29-27-35(34-15-5-3-6-16-34)31-43(40)52-42-30-28-39(33-49(42)56(38-20-13-17-36(53)32-38)48-26-14-21-41(51)50(48)52)55-46-24-11-9-22-44(46)54(37-18-7-4-8-19-37)45-23-10-12-25-47(45)55/h3-9,11,13-22,24,26-33H,10,12,23,25H2,1-2H3. The molecule has 7 aromatic carbocycles. The molecular formula is C51H41BFN3. The predicted molar refractivity (Wildman–Crippen MR) is 232 cm³/mol. The molecule has 1 aliphatic carbocycles. The van der Waals surface area contributed by atoms with Crippen LogP contribution in [0.4, 0.5) is 44.2 Å². The monoisotopic (exact) mass is 725 g/mol. The summed E-state index contributed by atoms with van der Waals surface area (Å²) >= 11 is 0. The number of fused-ring (bicyclic) bond motifs is 5. The third kappa shape index (κ3) is 4.89. The van der Waals surface area contributed by atoms with E-state index >= 15 is 4.39 Å². The number of allylic oxidation sites excluding steroid dienone is 2. The molecule has 0 aromatic heterocycles. The summed E-state index contributed by atoms with van der Waals surface area (Å²) in [7, 11) is 0. The first kappa shape index (κ1) is 33.0. The predicted octanol–water partition coefficient (Wildman–Crippen LogP) is 11.5. The van der Waals surface area contributed by atoms with Crippen LogP contribution in [0.1, 0.15) is 50.7 Å². The molecule has 56 heavy (non-hydrogen) atoms. The van der Waals surface area contributed by atoms with Gasteiger partial charge in [0.1, 0.15) is 5.82 Å².